The number of hydrogen-bond donors (Lipinski definition) is 0. The summed E-state index contributed by atoms with van der Waals surface area (Å²) in [5.41, 5.74) is 0.486. The highest BCUT2D eigenvalue weighted by atomic mass is 35.5. The Morgan fingerprint density at radius 1 is 1.28 bits per heavy atom. The predicted octanol–water partition coefficient (Wildman–Crippen LogP) is 2.80. The Morgan fingerprint density at radius 2 is 2.11 bits per heavy atom. The van der Waals surface area contributed by atoms with Gasteiger partial charge in [0.2, 0.25) is 11.2 Å². The second-order valence-corrected chi connectivity index (χ2v) is 3.58. The molecule has 0 aliphatic heterocycles. The molecule has 0 unspecified atom stereocenters. The van der Waals surface area contributed by atoms with E-state index in [9.17, 15) is 0 Å². The van der Waals surface area contributed by atoms with Gasteiger partial charge >= 0.3 is 0 Å². The van der Waals surface area contributed by atoms with Crippen LogP contribution >= 0.6 is 11.6 Å². The predicted molar refractivity (Wildman–Crippen MR) is 64.8 cm³/mol. The summed E-state index contributed by atoms with van der Waals surface area (Å²) in [4.78, 5) is 7.65. The maximum absolute atomic E-state index is 8.79. The lowest BCUT2D eigenvalue weighted by molar-refractivity contribution is 0.374. The minimum absolute atomic E-state index is 0.0973. The van der Waals surface area contributed by atoms with E-state index in [1.54, 1.807) is 24.3 Å². The van der Waals surface area contributed by atoms with Crippen molar-refractivity contribution in [3.8, 4) is 23.4 Å². The van der Waals surface area contributed by atoms with Crippen molar-refractivity contribution in [1.29, 1.82) is 5.26 Å². The smallest absolute Gasteiger partial charge is 0.225 e. The van der Waals surface area contributed by atoms with Crippen molar-refractivity contribution in [3.05, 3.63) is 41.3 Å². The summed E-state index contributed by atoms with van der Waals surface area (Å²) in [6.45, 7) is 0. The molecule has 1 heterocycles. The van der Waals surface area contributed by atoms with E-state index >= 15 is 0 Å². The van der Waals surface area contributed by atoms with Crippen molar-refractivity contribution in [3.63, 3.8) is 0 Å². The van der Waals surface area contributed by atoms with Gasteiger partial charge in [-0.15, -0.1) is 0 Å². The van der Waals surface area contributed by atoms with Gasteiger partial charge < -0.3 is 9.47 Å². The summed E-state index contributed by atoms with van der Waals surface area (Å²) >= 11 is 5.66. The van der Waals surface area contributed by atoms with Crippen LogP contribution in [-0.2, 0) is 0 Å². The Bertz CT molecular complexity index is 611. The maximum atomic E-state index is 8.79. The van der Waals surface area contributed by atoms with Crippen LogP contribution in [0.3, 0.4) is 0 Å². The van der Waals surface area contributed by atoms with Crippen LogP contribution in [0.2, 0.25) is 5.28 Å². The molecule has 1 aromatic heterocycles. The standard InChI is InChI=1S/C12H8ClN3O2/c1-17-10-6-8(7-14)2-3-9(10)18-11-4-5-15-12(13)16-11/h2-6H,1H3. The highest BCUT2D eigenvalue weighted by molar-refractivity contribution is 6.28. The van der Waals surface area contributed by atoms with Crippen LogP contribution in [0.4, 0.5) is 0 Å². The molecule has 6 heteroatoms. The summed E-state index contributed by atoms with van der Waals surface area (Å²) in [6.07, 6.45) is 1.49. The number of nitrogens with zero attached hydrogens (tertiary/aromatic N) is 3. The van der Waals surface area contributed by atoms with Crippen molar-refractivity contribution in [2.45, 2.75) is 0 Å². The van der Waals surface area contributed by atoms with Crippen molar-refractivity contribution >= 4 is 11.6 Å². The largest absolute Gasteiger partial charge is 0.493 e. The Morgan fingerprint density at radius 3 is 2.78 bits per heavy atom. The lowest BCUT2D eigenvalue weighted by Gasteiger charge is -2.09. The fourth-order valence-corrected chi connectivity index (χ4v) is 1.45. The highest BCUT2D eigenvalue weighted by Gasteiger charge is 2.08. The van der Waals surface area contributed by atoms with E-state index < -0.39 is 0 Å². The minimum Gasteiger partial charge on any atom is -0.493 e. The summed E-state index contributed by atoms with van der Waals surface area (Å²) in [6, 6.07) is 8.43. The molecule has 0 saturated carbocycles. The molecule has 0 aliphatic rings. The monoisotopic (exact) mass is 261 g/mol. The average Bonchev–Trinajstić information content (AvgIpc) is 2.39. The molecule has 5 nitrogen and oxygen atoms in total. The fourth-order valence-electron chi connectivity index (χ4n) is 1.31. The highest BCUT2D eigenvalue weighted by Crippen LogP contribution is 2.31. The molecule has 0 N–H and O–H groups in total. The zero-order valence-electron chi connectivity index (χ0n) is 9.42. The average molecular weight is 262 g/mol. The zero-order valence-corrected chi connectivity index (χ0v) is 10.2. The Kier molecular flexibility index (Phi) is 3.60. The number of benzene rings is 1. The molecule has 0 radical (unpaired) electrons. The van der Waals surface area contributed by atoms with Gasteiger partial charge in [0, 0.05) is 18.3 Å². The van der Waals surface area contributed by atoms with Crippen molar-refractivity contribution in [1.82, 2.24) is 9.97 Å². The van der Waals surface area contributed by atoms with Crippen molar-refractivity contribution < 1.29 is 9.47 Å². The Labute approximate surface area is 109 Å². The quantitative estimate of drug-likeness (QED) is 0.795. The lowest BCUT2D eigenvalue weighted by Crippen LogP contribution is -1.93. The number of ether oxygens (including phenoxy) is 2. The first-order chi connectivity index (χ1) is 8.72. The number of nitriles is 1. The molecule has 2 aromatic rings. The molecule has 0 bridgehead atoms. The first-order valence-corrected chi connectivity index (χ1v) is 5.35. The molecular formula is C12H8ClN3O2. The zero-order chi connectivity index (χ0) is 13.0. The van der Waals surface area contributed by atoms with E-state index in [-0.39, 0.29) is 5.28 Å². The second kappa shape index (κ2) is 5.34. The third-order valence-electron chi connectivity index (χ3n) is 2.11. The summed E-state index contributed by atoms with van der Waals surface area (Å²) in [7, 11) is 1.50. The molecule has 0 spiro atoms. The number of rotatable bonds is 3. The second-order valence-electron chi connectivity index (χ2n) is 3.24. The van der Waals surface area contributed by atoms with E-state index in [2.05, 4.69) is 9.97 Å². The molecule has 0 fully saturated rings. The van der Waals surface area contributed by atoms with Gasteiger partial charge in [0.25, 0.3) is 0 Å². The maximum Gasteiger partial charge on any atom is 0.225 e. The minimum atomic E-state index is 0.0973. The van der Waals surface area contributed by atoms with E-state index in [0.29, 0.717) is 22.9 Å². The van der Waals surface area contributed by atoms with Gasteiger partial charge in [-0.1, -0.05) is 0 Å². The van der Waals surface area contributed by atoms with E-state index in [4.69, 9.17) is 26.3 Å². The number of aromatic nitrogens is 2. The molecule has 0 atom stereocenters. The van der Waals surface area contributed by atoms with E-state index in [0.717, 1.165) is 0 Å². The van der Waals surface area contributed by atoms with Crippen LogP contribution < -0.4 is 9.47 Å². The van der Waals surface area contributed by atoms with Gasteiger partial charge in [0.1, 0.15) is 0 Å². The van der Waals surface area contributed by atoms with Gasteiger partial charge in [0.15, 0.2) is 11.5 Å². The third-order valence-corrected chi connectivity index (χ3v) is 2.29. The van der Waals surface area contributed by atoms with Gasteiger partial charge in [-0.2, -0.15) is 10.2 Å². The van der Waals surface area contributed by atoms with Crippen LogP contribution in [0.1, 0.15) is 5.56 Å². The Hall–Kier alpha value is -2.32. The topological polar surface area (TPSA) is 68.0 Å². The molecule has 0 saturated heterocycles. The van der Waals surface area contributed by atoms with Crippen LogP contribution in [-0.4, -0.2) is 17.1 Å². The van der Waals surface area contributed by atoms with Gasteiger partial charge in [-0.3, -0.25) is 0 Å². The van der Waals surface area contributed by atoms with Crippen LogP contribution in [0.5, 0.6) is 17.4 Å². The molecule has 18 heavy (non-hydrogen) atoms. The first-order valence-electron chi connectivity index (χ1n) is 4.97. The summed E-state index contributed by atoms with van der Waals surface area (Å²) in [5, 5.41) is 8.89. The van der Waals surface area contributed by atoms with E-state index in [1.165, 1.54) is 13.3 Å². The molecule has 0 amide bonds. The van der Waals surface area contributed by atoms with Crippen LogP contribution in [0, 0.1) is 11.3 Å². The summed E-state index contributed by atoms with van der Waals surface area (Å²) < 4.78 is 10.6. The van der Waals surface area contributed by atoms with Crippen molar-refractivity contribution in [2.75, 3.05) is 7.11 Å². The Balaban J connectivity index is 2.32. The fraction of sp³-hybridized carbons (Fsp3) is 0.0833. The SMILES string of the molecule is COc1cc(C#N)ccc1Oc1ccnc(Cl)n1. The molecule has 0 aliphatic carbocycles. The number of halogens is 1. The van der Waals surface area contributed by atoms with Gasteiger partial charge in [-0.05, 0) is 23.7 Å². The first kappa shape index (κ1) is 12.1. The summed E-state index contributed by atoms with van der Waals surface area (Å²) in [5.74, 6) is 1.20. The molecule has 2 rings (SSSR count). The lowest BCUT2D eigenvalue weighted by atomic mass is 10.2. The number of methoxy groups -OCH3 is 1. The van der Waals surface area contributed by atoms with Crippen LogP contribution in [0.15, 0.2) is 30.5 Å². The molecule has 90 valence electrons. The third kappa shape index (κ3) is 2.67. The van der Waals surface area contributed by atoms with Gasteiger partial charge in [0.05, 0.1) is 18.7 Å². The van der Waals surface area contributed by atoms with Crippen molar-refractivity contribution in [2.24, 2.45) is 0 Å². The van der Waals surface area contributed by atoms with Gasteiger partial charge in [-0.25, -0.2) is 4.98 Å². The molecule has 1 aromatic carbocycles. The van der Waals surface area contributed by atoms with Crippen LogP contribution in [0.25, 0.3) is 0 Å². The van der Waals surface area contributed by atoms with E-state index in [1.807, 2.05) is 6.07 Å². The normalized spacial score (nSPS) is 9.61. The molecular weight excluding hydrogens is 254 g/mol. The number of hydrogen-bond acceptors (Lipinski definition) is 5.